The summed E-state index contributed by atoms with van der Waals surface area (Å²) in [6, 6.07) is 3.45. The maximum atomic E-state index is 14.0. The van der Waals surface area contributed by atoms with Gasteiger partial charge >= 0.3 is 5.97 Å². The Balaban J connectivity index is 1.16. The molecular formula is C42H52N2O16. The van der Waals surface area contributed by atoms with E-state index in [-0.39, 0.29) is 59.4 Å². The van der Waals surface area contributed by atoms with Gasteiger partial charge < -0.3 is 69.3 Å². The van der Waals surface area contributed by atoms with E-state index >= 15 is 0 Å². The van der Waals surface area contributed by atoms with Gasteiger partial charge in [-0.05, 0) is 47.4 Å². The van der Waals surface area contributed by atoms with E-state index in [2.05, 4.69) is 0 Å². The molecule has 0 amide bonds. The van der Waals surface area contributed by atoms with Crippen LogP contribution in [-0.4, -0.2) is 142 Å². The molecule has 0 aromatic heterocycles. The molecule has 18 heteroatoms. The number of nitrogens with two attached hydrogens (primary N) is 1. The van der Waals surface area contributed by atoms with Gasteiger partial charge in [-0.1, -0.05) is 19.1 Å². The highest BCUT2D eigenvalue weighted by Gasteiger charge is 2.55. The summed E-state index contributed by atoms with van der Waals surface area (Å²) in [5, 5.41) is 57.9. The number of aliphatic hydroxyl groups is 2. The van der Waals surface area contributed by atoms with Crippen molar-refractivity contribution in [1.82, 2.24) is 4.90 Å². The Morgan fingerprint density at radius 2 is 1.52 bits per heavy atom. The Kier molecular flexibility index (Phi) is 11.9. The lowest BCUT2D eigenvalue weighted by molar-refractivity contribution is -0.321. The van der Waals surface area contributed by atoms with Gasteiger partial charge in [-0.3, -0.25) is 19.2 Å². The third-order valence-electron chi connectivity index (χ3n) is 12.4. The molecule has 2 saturated heterocycles. The van der Waals surface area contributed by atoms with Crippen LogP contribution in [0, 0.1) is 0 Å². The van der Waals surface area contributed by atoms with Gasteiger partial charge in [-0.15, -0.1) is 0 Å². The molecule has 11 unspecified atom stereocenters. The minimum absolute atomic E-state index is 0.00944. The van der Waals surface area contributed by atoms with Crippen LogP contribution in [-0.2, 0) is 42.7 Å². The number of aliphatic hydroxyl groups excluding tert-OH is 1. The van der Waals surface area contributed by atoms with Crippen LogP contribution in [0.15, 0.2) is 30.0 Å². The molecule has 2 aromatic carbocycles. The number of esters is 1. The predicted molar refractivity (Wildman–Crippen MR) is 206 cm³/mol. The third-order valence-corrected chi connectivity index (χ3v) is 12.4. The molecule has 7 rings (SSSR count). The fraction of sp³-hybridized carbons (Fsp3) is 0.571. The molecule has 2 aliphatic carbocycles. The highest BCUT2D eigenvalue weighted by molar-refractivity contribution is 6.31. The average Bonchev–Trinajstić information content (AvgIpc) is 3.18. The Hall–Kier alpha value is -4.50. The first-order chi connectivity index (χ1) is 28.3. The Bertz CT molecular complexity index is 2090. The summed E-state index contributed by atoms with van der Waals surface area (Å²) in [5.74, 6) is -6.79. The monoisotopic (exact) mass is 840 g/mol. The zero-order chi connectivity index (χ0) is 43.7. The standard InChI is InChI=1S/C42H52N2O16/c1-8-42(53)15-25(29-30(33(42)40(52)54-7)37(51)31-32(36(29)50)35(49)28-19(34(31)48)10-9-11-22(28)45)58-26-13-21(44(5)6)38(17(3)55-26)59-27-14-24(47)39(18(4)56-27)60-41-20(43)12-23(46)16(2)57-41/h9-12,16-18,21,24-27,33,38-39,41,45,47,50-51,53H,8,13-15,43H2,1-7H3/t16?,17?,18?,21?,24?,25-,26?,27?,33?,38?,39?,41?,42+/m0/s1. The van der Waals surface area contributed by atoms with Crippen molar-refractivity contribution in [2.45, 2.75) is 133 Å². The predicted octanol–water partition coefficient (Wildman–Crippen LogP) is 1.93. The van der Waals surface area contributed by atoms with Gasteiger partial charge in [0.05, 0.1) is 59.5 Å². The number of hydrogen-bond donors (Lipinski definition) is 6. The number of phenols is 3. The smallest absolute Gasteiger partial charge is 0.316 e. The van der Waals surface area contributed by atoms with E-state index in [1.165, 1.54) is 24.3 Å². The lowest BCUT2D eigenvalue weighted by atomic mass is 9.66. The van der Waals surface area contributed by atoms with Gasteiger partial charge in [-0.2, -0.15) is 0 Å². The molecule has 60 heavy (non-hydrogen) atoms. The van der Waals surface area contributed by atoms with Crippen LogP contribution < -0.4 is 5.73 Å². The quantitative estimate of drug-likeness (QED) is 0.133. The van der Waals surface area contributed by atoms with Crippen LogP contribution in [0.2, 0.25) is 0 Å². The number of carbonyl (C=O) groups excluding carboxylic acids is 4. The number of aromatic hydroxyl groups is 3. The van der Waals surface area contributed by atoms with E-state index in [0.29, 0.717) is 0 Å². The first kappa shape index (κ1) is 43.6. The highest BCUT2D eigenvalue weighted by Crippen LogP contribution is 2.57. The van der Waals surface area contributed by atoms with E-state index < -0.39 is 125 Å². The molecule has 2 aromatic rings. The van der Waals surface area contributed by atoms with E-state index in [4.69, 9.17) is 38.9 Å². The second-order valence-electron chi connectivity index (χ2n) is 16.3. The lowest BCUT2D eigenvalue weighted by Gasteiger charge is -2.48. The summed E-state index contributed by atoms with van der Waals surface area (Å²) < 4.78 is 42.2. The number of ketones is 3. The third kappa shape index (κ3) is 7.36. The number of ether oxygens (including phenoxy) is 7. The number of hydrogen-bond acceptors (Lipinski definition) is 18. The highest BCUT2D eigenvalue weighted by atomic mass is 16.7. The summed E-state index contributed by atoms with van der Waals surface area (Å²) in [6.45, 7) is 6.64. The molecule has 3 aliphatic heterocycles. The van der Waals surface area contributed by atoms with Crippen molar-refractivity contribution in [1.29, 1.82) is 0 Å². The first-order valence-corrected chi connectivity index (χ1v) is 19.9. The van der Waals surface area contributed by atoms with Gasteiger partial charge in [0.2, 0.25) is 5.78 Å². The lowest BCUT2D eigenvalue weighted by Crippen LogP contribution is -2.58. The van der Waals surface area contributed by atoms with Crippen molar-refractivity contribution in [3.05, 3.63) is 63.4 Å². The SMILES string of the molecule is CC[C@@]1(O)C[C@H](OC2CC(N(C)C)C(OC3CC(O)C(OC4OC(C)C(=O)C=C4N)C(C)O3)C(C)O2)c2c(O)c3c(c(O)c2C1C(=O)OC)C(=O)c1cccc(O)c1C3=O. The minimum atomic E-state index is -1.94. The Morgan fingerprint density at radius 3 is 2.15 bits per heavy atom. The summed E-state index contributed by atoms with van der Waals surface area (Å²) in [6.07, 6.45) is -8.04. The largest absolute Gasteiger partial charge is 0.507 e. The maximum Gasteiger partial charge on any atom is 0.316 e. The summed E-state index contributed by atoms with van der Waals surface area (Å²) in [5.41, 5.74) is 1.81. The number of fused-ring (bicyclic) bond motifs is 3. The van der Waals surface area contributed by atoms with Gasteiger partial charge in [-0.25, -0.2) is 0 Å². The number of carbonyl (C=O) groups is 4. The molecular weight excluding hydrogens is 788 g/mol. The second kappa shape index (κ2) is 16.4. The molecule has 0 bridgehead atoms. The van der Waals surface area contributed by atoms with Gasteiger partial charge in [0, 0.05) is 48.1 Å². The molecule has 0 spiro atoms. The van der Waals surface area contributed by atoms with Crippen LogP contribution in [0.4, 0.5) is 0 Å². The molecule has 13 atom stereocenters. The number of benzene rings is 2. The summed E-state index contributed by atoms with van der Waals surface area (Å²) in [4.78, 5) is 55.2. The fourth-order valence-electron chi connectivity index (χ4n) is 9.19. The molecule has 326 valence electrons. The van der Waals surface area contributed by atoms with Crippen molar-refractivity contribution in [3.63, 3.8) is 0 Å². The Labute approximate surface area is 345 Å². The zero-order valence-corrected chi connectivity index (χ0v) is 34.3. The Morgan fingerprint density at radius 1 is 0.883 bits per heavy atom. The minimum Gasteiger partial charge on any atom is -0.507 e. The van der Waals surface area contributed by atoms with Crippen molar-refractivity contribution in [3.8, 4) is 17.2 Å². The van der Waals surface area contributed by atoms with Crippen LogP contribution in [0.25, 0.3) is 0 Å². The van der Waals surface area contributed by atoms with Crippen LogP contribution >= 0.6 is 0 Å². The maximum absolute atomic E-state index is 14.0. The molecule has 2 fully saturated rings. The number of rotatable bonds is 9. The summed E-state index contributed by atoms with van der Waals surface area (Å²) >= 11 is 0. The molecule has 3 heterocycles. The molecule has 7 N–H and O–H groups in total. The first-order valence-electron chi connectivity index (χ1n) is 19.9. The molecule has 18 nitrogen and oxygen atoms in total. The second-order valence-corrected chi connectivity index (χ2v) is 16.3. The van der Waals surface area contributed by atoms with Crippen LogP contribution in [0.3, 0.4) is 0 Å². The molecule has 0 radical (unpaired) electrons. The zero-order valence-electron chi connectivity index (χ0n) is 34.3. The number of phenolic OH excluding ortho intramolecular Hbond substituents is 3. The average molecular weight is 841 g/mol. The number of nitrogens with zero attached hydrogens (tertiary/aromatic N) is 1. The summed E-state index contributed by atoms with van der Waals surface area (Å²) in [7, 11) is 4.75. The number of methoxy groups -OCH3 is 1. The van der Waals surface area contributed by atoms with Gasteiger partial charge in [0.25, 0.3) is 0 Å². The van der Waals surface area contributed by atoms with E-state index in [1.807, 2.05) is 19.0 Å². The van der Waals surface area contributed by atoms with Crippen molar-refractivity contribution in [2.24, 2.45) is 5.73 Å². The van der Waals surface area contributed by atoms with E-state index in [9.17, 15) is 44.7 Å². The fourth-order valence-corrected chi connectivity index (χ4v) is 9.19. The van der Waals surface area contributed by atoms with Gasteiger partial charge in [0.15, 0.2) is 30.4 Å². The van der Waals surface area contributed by atoms with Crippen LogP contribution in [0.1, 0.15) is 108 Å². The van der Waals surface area contributed by atoms with Crippen molar-refractivity contribution in [2.75, 3.05) is 21.2 Å². The number of likely N-dealkylation sites (N-methyl/N-ethyl adjacent to an activating group) is 1. The topological polar surface area (TPSA) is 263 Å². The van der Waals surface area contributed by atoms with Crippen molar-refractivity contribution < 1.29 is 77.9 Å². The van der Waals surface area contributed by atoms with Crippen molar-refractivity contribution >= 4 is 23.3 Å². The normalized spacial score (nSPS) is 35.4. The van der Waals surface area contributed by atoms with Gasteiger partial charge in [0.1, 0.15) is 41.5 Å². The van der Waals surface area contributed by atoms with Crippen LogP contribution in [0.5, 0.6) is 17.2 Å². The molecule has 5 aliphatic rings. The van der Waals surface area contributed by atoms with E-state index in [0.717, 1.165) is 7.11 Å². The molecule has 0 saturated carbocycles. The van der Waals surface area contributed by atoms with E-state index in [1.54, 1.807) is 27.7 Å².